The van der Waals surface area contributed by atoms with Crippen molar-refractivity contribution >= 4 is 27.1 Å². The minimum atomic E-state index is -3.29. The predicted octanol–water partition coefficient (Wildman–Crippen LogP) is 4.11. The van der Waals surface area contributed by atoms with Gasteiger partial charge in [0.15, 0.2) is 0 Å². The van der Waals surface area contributed by atoms with Gasteiger partial charge in [0.2, 0.25) is 10.0 Å². The number of unbranched alkanes of at least 4 members (excludes halogenated alkanes) is 1. The van der Waals surface area contributed by atoms with E-state index in [2.05, 4.69) is 10.0 Å². The Kier molecular flexibility index (Phi) is 5.38. The molecule has 0 bridgehead atoms. The summed E-state index contributed by atoms with van der Waals surface area (Å²) in [4.78, 5) is 0. The predicted molar refractivity (Wildman–Crippen MR) is 88.4 cm³/mol. The molecule has 0 spiro atoms. The van der Waals surface area contributed by atoms with Crippen molar-refractivity contribution in [1.82, 2.24) is 0 Å². The maximum Gasteiger partial charge on any atom is 0.232 e. The average Bonchev–Trinajstić information content (AvgIpc) is 2.49. The molecule has 6 heteroatoms. The fourth-order valence-corrected chi connectivity index (χ4v) is 3.15. The molecule has 22 heavy (non-hydrogen) atoms. The molecule has 0 atom stereocenters. The Labute approximate surface area is 130 Å². The molecule has 2 N–H and O–H groups in total. The van der Waals surface area contributed by atoms with Crippen molar-refractivity contribution < 1.29 is 12.8 Å². The third-order valence-electron chi connectivity index (χ3n) is 3.06. The molecule has 0 aliphatic heterocycles. The molecule has 4 nitrogen and oxygen atoms in total. The van der Waals surface area contributed by atoms with Crippen LogP contribution in [0.5, 0.6) is 0 Å². The number of rotatable bonds is 7. The van der Waals surface area contributed by atoms with Crippen LogP contribution in [-0.4, -0.2) is 14.2 Å². The second-order valence-electron chi connectivity index (χ2n) is 4.98. The number of hydrogen-bond donors (Lipinski definition) is 2. The second kappa shape index (κ2) is 7.26. The summed E-state index contributed by atoms with van der Waals surface area (Å²) in [5, 5.41) is 3.11. The van der Waals surface area contributed by atoms with E-state index in [0.29, 0.717) is 12.1 Å². The summed E-state index contributed by atoms with van der Waals surface area (Å²) in [7, 11) is -3.29. The van der Waals surface area contributed by atoms with Crippen LogP contribution in [0.15, 0.2) is 48.5 Å². The van der Waals surface area contributed by atoms with E-state index < -0.39 is 10.0 Å². The van der Waals surface area contributed by atoms with Crippen LogP contribution in [0, 0.1) is 5.82 Å². The molecule has 0 heterocycles. The van der Waals surface area contributed by atoms with Crippen molar-refractivity contribution in [3.05, 3.63) is 54.3 Å². The highest BCUT2D eigenvalue weighted by Crippen LogP contribution is 2.20. The van der Waals surface area contributed by atoms with E-state index in [1.165, 1.54) is 12.1 Å². The summed E-state index contributed by atoms with van der Waals surface area (Å²) in [6.45, 7) is 1.95. The Morgan fingerprint density at radius 3 is 1.95 bits per heavy atom. The number of halogens is 1. The Balaban J connectivity index is 1.99. The van der Waals surface area contributed by atoms with Gasteiger partial charge in [-0.05, 0) is 55.0 Å². The van der Waals surface area contributed by atoms with Gasteiger partial charge in [0, 0.05) is 17.1 Å². The first-order chi connectivity index (χ1) is 10.5. The van der Waals surface area contributed by atoms with Crippen LogP contribution in [0.25, 0.3) is 0 Å². The second-order valence-corrected chi connectivity index (χ2v) is 6.83. The molecule has 0 unspecified atom stereocenters. The monoisotopic (exact) mass is 322 g/mol. The summed E-state index contributed by atoms with van der Waals surface area (Å²) in [5.41, 5.74) is 2.08. The minimum Gasteiger partial charge on any atom is -0.356 e. The zero-order valence-corrected chi connectivity index (χ0v) is 13.2. The van der Waals surface area contributed by atoms with Crippen LogP contribution in [0.4, 0.5) is 21.5 Å². The fourth-order valence-electron chi connectivity index (χ4n) is 1.89. The number of sulfonamides is 1. The lowest BCUT2D eigenvalue weighted by Crippen LogP contribution is -2.16. The fraction of sp³-hybridized carbons (Fsp3) is 0.250. The highest BCUT2D eigenvalue weighted by atomic mass is 32.2. The standard InChI is InChI=1S/C16H19FN2O2S/c1-2-3-12-22(20,21)19-16-10-8-15(9-11-16)18-14-6-4-13(17)5-7-14/h4-11,18-19H,2-3,12H2,1H3. The van der Waals surface area contributed by atoms with Crippen molar-refractivity contribution in [2.45, 2.75) is 19.8 Å². The highest BCUT2D eigenvalue weighted by Gasteiger charge is 2.09. The molecule has 0 radical (unpaired) electrons. The van der Waals surface area contributed by atoms with Crippen molar-refractivity contribution in [2.75, 3.05) is 15.8 Å². The van der Waals surface area contributed by atoms with Gasteiger partial charge in [-0.1, -0.05) is 13.3 Å². The molecule has 118 valence electrons. The number of hydrogen-bond acceptors (Lipinski definition) is 3. The third-order valence-corrected chi connectivity index (χ3v) is 4.43. The molecule has 0 aromatic heterocycles. The van der Waals surface area contributed by atoms with Gasteiger partial charge in [0.05, 0.1) is 5.75 Å². The quantitative estimate of drug-likeness (QED) is 0.806. The van der Waals surface area contributed by atoms with E-state index >= 15 is 0 Å². The lowest BCUT2D eigenvalue weighted by atomic mass is 10.2. The van der Waals surface area contributed by atoms with Gasteiger partial charge < -0.3 is 5.32 Å². The van der Waals surface area contributed by atoms with Crippen molar-refractivity contribution in [3.63, 3.8) is 0 Å². The molecule has 2 aromatic rings. The summed E-state index contributed by atoms with van der Waals surface area (Å²) in [5.74, 6) is -0.165. The van der Waals surface area contributed by atoms with Crippen LogP contribution in [0.1, 0.15) is 19.8 Å². The molecule has 0 aliphatic rings. The summed E-state index contributed by atoms with van der Waals surface area (Å²) < 4.78 is 39.0. The summed E-state index contributed by atoms with van der Waals surface area (Å²) >= 11 is 0. The number of nitrogens with one attached hydrogen (secondary N) is 2. The van der Waals surface area contributed by atoms with Gasteiger partial charge in [0.25, 0.3) is 0 Å². The lowest BCUT2D eigenvalue weighted by molar-refractivity contribution is 0.598. The smallest absolute Gasteiger partial charge is 0.232 e. The first kappa shape index (κ1) is 16.3. The molecule has 0 amide bonds. The van der Waals surface area contributed by atoms with Crippen LogP contribution in [0.3, 0.4) is 0 Å². The van der Waals surface area contributed by atoms with E-state index in [4.69, 9.17) is 0 Å². The molecule has 0 saturated carbocycles. The van der Waals surface area contributed by atoms with E-state index in [1.54, 1.807) is 36.4 Å². The van der Waals surface area contributed by atoms with Crippen LogP contribution in [0.2, 0.25) is 0 Å². The molecule has 0 fully saturated rings. The zero-order valence-electron chi connectivity index (χ0n) is 12.3. The largest absolute Gasteiger partial charge is 0.356 e. The van der Waals surface area contributed by atoms with Crippen molar-refractivity contribution in [1.29, 1.82) is 0 Å². The van der Waals surface area contributed by atoms with Crippen molar-refractivity contribution in [2.24, 2.45) is 0 Å². The number of benzene rings is 2. The maximum absolute atomic E-state index is 12.8. The Bertz CT molecular complexity index is 698. The van der Waals surface area contributed by atoms with Gasteiger partial charge in [-0.2, -0.15) is 0 Å². The summed E-state index contributed by atoms with van der Waals surface area (Å²) in [6.07, 6.45) is 1.47. The Hall–Kier alpha value is -2.08. The van der Waals surface area contributed by atoms with E-state index in [0.717, 1.165) is 17.8 Å². The van der Waals surface area contributed by atoms with Crippen LogP contribution < -0.4 is 10.0 Å². The van der Waals surface area contributed by atoms with E-state index in [9.17, 15) is 12.8 Å². The van der Waals surface area contributed by atoms with Crippen molar-refractivity contribution in [3.8, 4) is 0 Å². The molecule has 2 aromatic carbocycles. The number of anilines is 3. The van der Waals surface area contributed by atoms with Gasteiger partial charge >= 0.3 is 0 Å². The molecule has 0 saturated heterocycles. The lowest BCUT2D eigenvalue weighted by Gasteiger charge is -2.10. The third kappa shape index (κ3) is 5.04. The first-order valence-electron chi connectivity index (χ1n) is 7.11. The zero-order chi connectivity index (χ0) is 16.0. The Morgan fingerprint density at radius 1 is 0.909 bits per heavy atom. The first-order valence-corrected chi connectivity index (χ1v) is 8.77. The van der Waals surface area contributed by atoms with Crippen LogP contribution >= 0.6 is 0 Å². The normalized spacial score (nSPS) is 11.2. The minimum absolute atomic E-state index is 0.124. The topological polar surface area (TPSA) is 58.2 Å². The van der Waals surface area contributed by atoms with Crippen LogP contribution in [-0.2, 0) is 10.0 Å². The van der Waals surface area contributed by atoms with Gasteiger partial charge in [-0.25, -0.2) is 12.8 Å². The molecule has 0 aliphatic carbocycles. The van der Waals surface area contributed by atoms with Gasteiger partial charge in [0.1, 0.15) is 5.82 Å². The van der Waals surface area contributed by atoms with Gasteiger partial charge in [-0.15, -0.1) is 0 Å². The van der Waals surface area contributed by atoms with Gasteiger partial charge in [-0.3, -0.25) is 4.72 Å². The molecular formula is C16H19FN2O2S. The van der Waals surface area contributed by atoms with E-state index in [-0.39, 0.29) is 11.6 Å². The maximum atomic E-state index is 12.8. The average molecular weight is 322 g/mol. The Morgan fingerprint density at radius 2 is 1.41 bits per heavy atom. The molecular weight excluding hydrogens is 303 g/mol. The SMILES string of the molecule is CCCCS(=O)(=O)Nc1ccc(Nc2ccc(F)cc2)cc1. The van der Waals surface area contributed by atoms with E-state index in [1.807, 2.05) is 6.92 Å². The molecule has 2 rings (SSSR count). The summed E-state index contributed by atoms with van der Waals surface area (Å²) in [6, 6.07) is 12.9. The highest BCUT2D eigenvalue weighted by molar-refractivity contribution is 7.92.